The third-order valence-corrected chi connectivity index (χ3v) is 5.11. The number of rotatable bonds is 6. The number of benzene rings is 2. The fraction of sp³-hybridized carbons (Fsp3) is 0.190. The number of nitrogens with zero attached hydrogens (tertiary/aromatic N) is 2. The van der Waals surface area contributed by atoms with Gasteiger partial charge in [-0.25, -0.2) is 0 Å². The lowest BCUT2D eigenvalue weighted by Gasteiger charge is -2.13. The molecule has 0 aliphatic carbocycles. The Bertz CT molecular complexity index is 1010. The van der Waals surface area contributed by atoms with E-state index >= 15 is 0 Å². The van der Waals surface area contributed by atoms with Crippen molar-refractivity contribution in [2.75, 3.05) is 12.4 Å². The molecule has 1 atom stereocenters. The molecular weight excluding hydrogens is 374 g/mol. The normalized spacial score (nSPS) is 11.7. The van der Waals surface area contributed by atoms with E-state index in [-0.39, 0.29) is 11.5 Å². The van der Waals surface area contributed by atoms with Gasteiger partial charge < -0.3 is 10.1 Å². The number of hydrogen-bond acceptors (Lipinski definition) is 5. The Morgan fingerprint density at radius 3 is 2.39 bits per heavy atom. The molecule has 2 aromatic carbocycles. The molecule has 0 aliphatic heterocycles. The molecule has 0 spiro atoms. The third-order valence-electron chi connectivity index (χ3n) is 4.08. The van der Waals surface area contributed by atoms with E-state index in [2.05, 4.69) is 10.4 Å². The van der Waals surface area contributed by atoms with Gasteiger partial charge in [0.05, 0.1) is 18.0 Å². The molecule has 1 N–H and O–H groups in total. The zero-order valence-corrected chi connectivity index (χ0v) is 16.7. The summed E-state index contributed by atoms with van der Waals surface area (Å²) in [6.07, 6.45) is 0. The van der Waals surface area contributed by atoms with Crippen LogP contribution in [0.5, 0.6) is 5.75 Å². The number of thioether (sulfide) groups is 1. The fourth-order valence-electron chi connectivity index (χ4n) is 2.48. The van der Waals surface area contributed by atoms with Gasteiger partial charge in [0.15, 0.2) is 0 Å². The molecule has 1 heterocycles. The van der Waals surface area contributed by atoms with Crippen LogP contribution in [0.15, 0.2) is 70.5 Å². The van der Waals surface area contributed by atoms with E-state index < -0.39 is 5.25 Å². The van der Waals surface area contributed by atoms with E-state index in [1.807, 2.05) is 31.2 Å². The Balaban J connectivity index is 1.71. The molecular formula is C21H21N3O3S. The van der Waals surface area contributed by atoms with Crippen LogP contribution in [0.1, 0.15) is 12.5 Å². The van der Waals surface area contributed by atoms with Gasteiger partial charge in [-0.1, -0.05) is 29.5 Å². The van der Waals surface area contributed by atoms with E-state index in [0.29, 0.717) is 16.4 Å². The smallest absolute Gasteiger partial charge is 0.271 e. The van der Waals surface area contributed by atoms with Gasteiger partial charge in [0, 0.05) is 11.8 Å². The summed E-state index contributed by atoms with van der Waals surface area (Å²) in [5.74, 6) is 0.577. The summed E-state index contributed by atoms with van der Waals surface area (Å²) >= 11 is 1.29. The van der Waals surface area contributed by atoms with Crippen molar-refractivity contribution in [1.29, 1.82) is 0 Å². The fourth-order valence-corrected chi connectivity index (χ4v) is 3.28. The summed E-state index contributed by atoms with van der Waals surface area (Å²) in [5, 5.41) is 7.47. The zero-order valence-electron chi connectivity index (χ0n) is 15.9. The molecule has 144 valence electrons. The number of aryl methyl sites for hydroxylation is 1. The van der Waals surface area contributed by atoms with Crippen molar-refractivity contribution in [2.24, 2.45) is 0 Å². The monoisotopic (exact) mass is 395 g/mol. The van der Waals surface area contributed by atoms with E-state index in [0.717, 1.165) is 11.3 Å². The average molecular weight is 395 g/mol. The van der Waals surface area contributed by atoms with E-state index in [9.17, 15) is 9.59 Å². The highest BCUT2D eigenvalue weighted by Gasteiger charge is 2.16. The summed E-state index contributed by atoms with van der Waals surface area (Å²) in [6.45, 7) is 3.78. The molecule has 0 unspecified atom stereocenters. The Morgan fingerprint density at radius 1 is 1.07 bits per heavy atom. The lowest BCUT2D eigenvalue weighted by Crippen LogP contribution is -2.24. The molecule has 6 nitrogen and oxygen atoms in total. The summed E-state index contributed by atoms with van der Waals surface area (Å²) < 4.78 is 6.45. The van der Waals surface area contributed by atoms with Crippen LogP contribution in [0.4, 0.5) is 5.69 Å². The first-order valence-corrected chi connectivity index (χ1v) is 9.63. The van der Waals surface area contributed by atoms with Crippen LogP contribution < -0.4 is 15.6 Å². The lowest BCUT2D eigenvalue weighted by molar-refractivity contribution is -0.115. The molecule has 7 heteroatoms. The van der Waals surface area contributed by atoms with Crippen LogP contribution >= 0.6 is 11.8 Å². The second kappa shape index (κ2) is 8.75. The topological polar surface area (TPSA) is 73.2 Å². The highest BCUT2D eigenvalue weighted by atomic mass is 32.2. The number of amides is 1. The van der Waals surface area contributed by atoms with Crippen LogP contribution in [0.2, 0.25) is 0 Å². The maximum Gasteiger partial charge on any atom is 0.271 e. The van der Waals surface area contributed by atoms with Crippen molar-refractivity contribution in [2.45, 2.75) is 24.1 Å². The maximum absolute atomic E-state index is 12.5. The van der Waals surface area contributed by atoms with E-state index in [1.54, 1.807) is 44.4 Å². The number of anilines is 1. The summed E-state index contributed by atoms with van der Waals surface area (Å²) in [4.78, 5) is 24.6. The minimum atomic E-state index is -0.390. The van der Waals surface area contributed by atoms with Gasteiger partial charge in [-0.15, -0.1) is 0 Å². The van der Waals surface area contributed by atoms with Crippen molar-refractivity contribution in [3.63, 3.8) is 0 Å². The summed E-state index contributed by atoms with van der Waals surface area (Å²) in [6, 6.07) is 17.8. The largest absolute Gasteiger partial charge is 0.497 e. The third kappa shape index (κ3) is 4.80. The summed E-state index contributed by atoms with van der Waals surface area (Å²) in [7, 11) is 1.59. The average Bonchev–Trinajstić information content (AvgIpc) is 2.70. The minimum absolute atomic E-state index is 0.148. The van der Waals surface area contributed by atoms with Gasteiger partial charge in [0.2, 0.25) is 5.91 Å². The second-order valence-corrected chi connectivity index (χ2v) is 7.60. The molecule has 0 radical (unpaired) electrons. The van der Waals surface area contributed by atoms with Crippen molar-refractivity contribution in [1.82, 2.24) is 9.78 Å². The molecule has 0 aliphatic rings. The molecule has 28 heavy (non-hydrogen) atoms. The van der Waals surface area contributed by atoms with E-state index in [1.165, 1.54) is 22.5 Å². The number of hydrogen-bond donors (Lipinski definition) is 1. The number of carbonyl (C=O) groups excluding carboxylic acids is 1. The predicted molar refractivity (Wildman–Crippen MR) is 112 cm³/mol. The highest BCUT2D eigenvalue weighted by Crippen LogP contribution is 2.22. The Kier molecular flexibility index (Phi) is 6.16. The molecule has 1 aromatic heterocycles. The first kappa shape index (κ1) is 19.7. The molecule has 1 amide bonds. The Hall–Kier alpha value is -3.06. The van der Waals surface area contributed by atoms with Gasteiger partial charge in [0.1, 0.15) is 10.8 Å². The van der Waals surface area contributed by atoms with Crippen LogP contribution in [0, 0.1) is 6.92 Å². The van der Waals surface area contributed by atoms with Crippen molar-refractivity contribution < 1.29 is 9.53 Å². The number of nitrogens with one attached hydrogen (secondary N) is 1. The van der Waals surface area contributed by atoms with Crippen molar-refractivity contribution in [3.8, 4) is 11.4 Å². The molecule has 3 aromatic rings. The van der Waals surface area contributed by atoms with Gasteiger partial charge in [0.25, 0.3) is 5.56 Å². The standard InChI is InChI=1S/C21H21N3O3S/c1-14-4-8-17(9-5-14)24-20(25)13-12-19(23-24)28-15(2)21(26)22-16-6-10-18(27-3)11-7-16/h4-13,15H,1-3H3,(H,22,26)/t15-/m1/s1. The van der Waals surface area contributed by atoms with Gasteiger partial charge in [-0.2, -0.15) is 9.78 Å². The van der Waals surface area contributed by atoms with Gasteiger partial charge >= 0.3 is 0 Å². The number of methoxy groups -OCH3 is 1. The second-order valence-electron chi connectivity index (χ2n) is 6.23. The highest BCUT2D eigenvalue weighted by molar-refractivity contribution is 8.00. The van der Waals surface area contributed by atoms with Crippen LogP contribution in [-0.2, 0) is 4.79 Å². The number of carbonyl (C=O) groups is 1. The molecule has 0 saturated carbocycles. The van der Waals surface area contributed by atoms with Crippen LogP contribution in [0.3, 0.4) is 0 Å². The van der Waals surface area contributed by atoms with Gasteiger partial charge in [-0.05, 0) is 56.3 Å². The first-order chi connectivity index (χ1) is 13.5. The first-order valence-electron chi connectivity index (χ1n) is 8.75. The molecule has 3 rings (SSSR count). The molecule has 0 bridgehead atoms. The summed E-state index contributed by atoms with van der Waals surface area (Å²) in [5.41, 5.74) is 2.26. The number of aromatic nitrogens is 2. The quantitative estimate of drug-likeness (QED) is 0.645. The lowest BCUT2D eigenvalue weighted by atomic mass is 10.2. The maximum atomic E-state index is 12.5. The van der Waals surface area contributed by atoms with Crippen molar-refractivity contribution >= 4 is 23.4 Å². The van der Waals surface area contributed by atoms with Crippen LogP contribution in [-0.4, -0.2) is 28.0 Å². The zero-order chi connectivity index (χ0) is 20.1. The molecule has 0 fully saturated rings. The van der Waals surface area contributed by atoms with E-state index in [4.69, 9.17) is 4.74 Å². The Morgan fingerprint density at radius 2 is 1.75 bits per heavy atom. The van der Waals surface area contributed by atoms with Crippen molar-refractivity contribution in [3.05, 3.63) is 76.6 Å². The minimum Gasteiger partial charge on any atom is -0.497 e. The van der Waals surface area contributed by atoms with Gasteiger partial charge in [-0.3, -0.25) is 9.59 Å². The molecule has 0 saturated heterocycles. The Labute approximate surface area is 167 Å². The SMILES string of the molecule is COc1ccc(NC(=O)[C@@H](C)Sc2ccc(=O)n(-c3ccc(C)cc3)n2)cc1. The van der Waals surface area contributed by atoms with Crippen LogP contribution in [0.25, 0.3) is 5.69 Å². The number of ether oxygens (including phenoxy) is 1. The predicted octanol–water partition coefficient (Wildman–Crippen LogP) is 3.67.